The summed E-state index contributed by atoms with van der Waals surface area (Å²) in [7, 11) is 0. The van der Waals surface area contributed by atoms with E-state index >= 15 is 0 Å². The van der Waals surface area contributed by atoms with E-state index in [0.717, 1.165) is 12.1 Å². The highest BCUT2D eigenvalue weighted by Crippen LogP contribution is 2.45. The van der Waals surface area contributed by atoms with Crippen molar-refractivity contribution in [3.05, 3.63) is 0 Å². The minimum Gasteiger partial charge on any atom is -0.319 e. The lowest BCUT2D eigenvalue weighted by atomic mass is 10.00. The van der Waals surface area contributed by atoms with Crippen LogP contribution in [0, 0.1) is 0 Å². The van der Waals surface area contributed by atoms with Crippen molar-refractivity contribution in [3.8, 4) is 0 Å². The first-order chi connectivity index (χ1) is 5.92. The molecule has 68 valence electrons. The molecule has 12 heavy (non-hydrogen) atoms. The average Bonchev–Trinajstić information content (AvgIpc) is 2.59. The summed E-state index contributed by atoms with van der Waals surface area (Å²) in [4.78, 5) is 0. The molecule has 3 fully saturated rings. The highest BCUT2D eigenvalue weighted by Gasteiger charge is 2.52. The van der Waals surface area contributed by atoms with Gasteiger partial charge in [0.2, 0.25) is 0 Å². The number of hydrogen-bond donors (Lipinski definition) is 0. The lowest BCUT2D eigenvalue weighted by Crippen LogP contribution is -2.56. The second-order valence-electron chi connectivity index (χ2n) is 5.07. The van der Waals surface area contributed by atoms with E-state index in [1.54, 1.807) is 30.2 Å². The standard InChI is InChI=1S/C11H20N/c1-2-9-12(8-1)10-4-3-5-11(12)7-6-10/h10-11H,1-9H2/q+1/t10-,11-/m0/s1. The molecule has 0 radical (unpaired) electrons. The van der Waals surface area contributed by atoms with Crippen LogP contribution in [0.5, 0.6) is 0 Å². The number of quaternary nitrogens is 1. The molecule has 1 nitrogen and oxygen atoms in total. The van der Waals surface area contributed by atoms with Crippen molar-refractivity contribution in [2.24, 2.45) is 0 Å². The van der Waals surface area contributed by atoms with Gasteiger partial charge in [0.25, 0.3) is 0 Å². The van der Waals surface area contributed by atoms with Crippen LogP contribution in [0.1, 0.15) is 44.9 Å². The van der Waals surface area contributed by atoms with E-state index < -0.39 is 0 Å². The first-order valence-corrected chi connectivity index (χ1v) is 5.78. The van der Waals surface area contributed by atoms with Crippen LogP contribution >= 0.6 is 0 Å². The Bertz CT molecular complexity index is 163. The summed E-state index contributed by atoms with van der Waals surface area (Å²) < 4.78 is 1.58. The molecule has 3 aliphatic heterocycles. The van der Waals surface area contributed by atoms with Crippen LogP contribution in [0.4, 0.5) is 0 Å². The van der Waals surface area contributed by atoms with Gasteiger partial charge in [0, 0.05) is 25.7 Å². The second-order valence-corrected chi connectivity index (χ2v) is 5.07. The van der Waals surface area contributed by atoms with Crippen LogP contribution in [-0.2, 0) is 0 Å². The molecule has 0 N–H and O–H groups in total. The van der Waals surface area contributed by atoms with Crippen LogP contribution in [-0.4, -0.2) is 29.7 Å². The van der Waals surface area contributed by atoms with Crippen molar-refractivity contribution in [3.63, 3.8) is 0 Å². The summed E-state index contributed by atoms with van der Waals surface area (Å²) >= 11 is 0. The van der Waals surface area contributed by atoms with Crippen LogP contribution in [0.15, 0.2) is 0 Å². The van der Waals surface area contributed by atoms with Crippen LogP contribution in [0.2, 0.25) is 0 Å². The van der Waals surface area contributed by atoms with Crippen molar-refractivity contribution in [1.29, 1.82) is 0 Å². The summed E-state index contributed by atoms with van der Waals surface area (Å²) in [5.74, 6) is 0. The Balaban J connectivity index is 1.92. The molecule has 1 spiro atoms. The smallest absolute Gasteiger partial charge is 0.0894 e. The first-order valence-electron chi connectivity index (χ1n) is 5.78. The number of piperidine rings is 1. The van der Waals surface area contributed by atoms with Crippen molar-refractivity contribution in [2.75, 3.05) is 13.1 Å². The normalized spacial score (nSPS) is 44.0. The number of hydrogen-bond acceptors (Lipinski definition) is 0. The summed E-state index contributed by atoms with van der Waals surface area (Å²) in [5, 5.41) is 0. The Hall–Kier alpha value is -0.0400. The molecule has 0 aromatic heterocycles. The zero-order chi connectivity index (χ0) is 8.02. The van der Waals surface area contributed by atoms with Gasteiger partial charge in [0.05, 0.1) is 25.2 Å². The summed E-state index contributed by atoms with van der Waals surface area (Å²) in [6, 6.07) is 2.21. The van der Waals surface area contributed by atoms with Crippen molar-refractivity contribution in [2.45, 2.75) is 57.0 Å². The molecule has 3 aliphatic rings. The zero-order valence-corrected chi connectivity index (χ0v) is 7.97. The molecule has 1 heteroatoms. The molecule has 0 aliphatic carbocycles. The molecule has 3 heterocycles. The highest BCUT2D eigenvalue weighted by molar-refractivity contribution is 4.83. The lowest BCUT2D eigenvalue weighted by Gasteiger charge is -2.44. The largest absolute Gasteiger partial charge is 0.319 e. The van der Waals surface area contributed by atoms with Gasteiger partial charge < -0.3 is 4.48 Å². The Morgan fingerprint density at radius 3 is 1.83 bits per heavy atom. The maximum Gasteiger partial charge on any atom is 0.0894 e. The SMILES string of the molecule is C1C[C@H]2CC[C@H](C1)[N+]21CCCC1. The van der Waals surface area contributed by atoms with Crippen LogP contribution in [0.3, 0.4) is 0 Å². The fraction of sp³-hybridized carbons (Fsp3) is 1.00. The maximum absolute atomic E-state index is 1.58. The third-order valence-corrected chi connectivity index (χ3v) is 4.76. The van der Waals surface area contributed by atoms with Crippen LogP contribution in [0.25, 0.3) is 0 Å². The Morgan fingerprint density at radius 2 is 1.25 bits per heavy atom. The average molecular weight is 166 g/mol. The van der Waals surface area contributed by atoms with Crippen LogP contribution < -0.4 is 0 Å². The molecule has 3 saturated heterocycles. The molecule has 0 saturated carbocycles. The molecular weight excluding hydrogens is 146 g/mol. The summed E-state index contributed by atoms with van der Waals surface area (Å²) in [5.41, 5.74) is 0. The van der Waals surface area contributed by atoms with Gasteiger partial charge in [-0.15, -0.1) is 0 Å². The molecule has 0 amide bonds. The van der Waals surface area contributed by atoms with Gasteiger partial charge in [0.15, 0.2) is 0 Å². The molecular formula is C11H20N+. The number of rotatable bonds is 0. The van der Waals surface area contributed by atoms with E-state index in [4.69, 9.17) is 0 Å². The van der Waals surface area contributed by atoms with Gasteiger partial charge in [-0.1, -0.05) is 0 Å². The molecule has 0 aromatic rings. The van der Waals surface area contributed by atoms with E-state index in [-0.39, 0.29) is 0 Å². The zero-order valence-electron chi connectivity index (χ0n) is 7.97. The van der Waals surface area contributed by atoms with Gasteiger partial charge in [-0.2, -0.15) is 0 Å². The summed E-state index contributed by atoms with van der Waals surface area (Å²) in [6.07, 6.45) is 10.8. The van der Waals surface area contributed by atoms with E-state index in [2.05, 4.69) is 0 Å². The van der Waals surface area contributed by atoms with Gasteiger partial charge in [-0.3, -0.25) is 0 Å². The van der Waals surface area contributed by atoms with E-state index in [1.807, 2.05) is 0 Å². The van der Waals surface area contributed by atoms with E-state index in [0.29, 0.717) is 0 Å². The fourth-order valence-electron chi connectivity index (χ4n) is 4.24. The lowest BCUT2D eigenvalue weighted by molar-refractivity contribution is -0.955. The number of nitrogens with zero attached hydrogens (tertiary/aromatic N) is 1. The Morgan fingerprint density at radius 1 is 0.667 bits per heavy atom. The predicted octanol–water partition coefficient (Wildman–Crippen LogP) is 2.31. The molecule has 2 atom stereocenters. The van der Waals surface area contributed by atoms with E-state index in [1.165, 1.54) is 32.4 Å². The minimum atomic E-state index is 1.10. The second kappa shape index (κ2) is 2.47. The Labute approximate surface area is 75.3 Å². The maximum atomic E-state index is 1.58. The monoisotopic (exact) mass is 166 g/mol. The van der Waals surface area contributed by atoms with Gasteiger partial charge in [-0.25, -0.2) is 0 Å². The molecule has 3 rings (SSSR count). The quantitative estimate of drug-likeness (QED) is 0.484. The molecule has 0 unspecified atom stereocenters. The highest BCUT2D eigenvalue weighted by atomic mass is 15.4. The Kier molecular flexibility index (Phi) is 1.52. The third kappa shape index (κ3) is 0.783. The van der Waals surface area contributed by atoms with Crippen molar-refractivity contribution >= 4 is 0 Å². The van der Waals surface area contributed by atoms with Gasteiger partial charge >= 0.3 is 0 Å². The van der Waals surface area contributed by atoms with Crippen molar-refractivity contribution in [1.82, 2.24) is 0 Å². The summed E-state index contributed by atoms with van der Waals surface area (Å²) in [6.45, 7) is 3.07. The molecule has 0 aromatic carbocycles. The van der Waals surface area contributed by atoms with E-state index in [9.17, 15) is 0 Å². The topological polar surface area (TPSA) is 0 Å². The van der Waals surface area contributed by atoms with Gasteiger partial charge in [0.1, 0.15) is 0 Å². The molecule has 2 bridgehead atoms. The van der Waals surface area contributed by atoms with Crippen molar-refractivity contribution < 1.29 is 4.48 Å². The third-order valence-electron chi connectivity index (χ3n) is 4.76. The van der Waals surface area contributed by atoms with Gasteiger partial charge in [-0.05, 0) is 19.3 Å². The fourth-order valence-corrected chi connectivity index (χ4v) is 4.24. The predicted molar refractivity (Wildman–Crippen MR) is 49.9 cm³/mol. The minimum absolute atomic E-state index is 1.10. The first kappa shape index (κ1) is 7.37.